The minimum atomic E-state index is 0.175. The summed E-state index contributed by atoms with van der Waals surface area (Å²) in [6.45, 7) is 4.34. The molecule has 0 fully saturated rings. The molecule has 0 aliphatic heterocycles. The zero-order valence-electron chi connectivity index (χ0n) is 10.5. The fraction of sp³-hybridized carbons (Fsp3) is 0.467. The zero-order chi connectivity index (χ0) is 12.7. The Balaban J connectivity index is 2.71. The second kappa shape index (κ2) is 7.53. The number of rotatable bonds is 6. The Labute approximate surface area is 113 Å². The van der Waals surface area contributed by atoms with Gasteiger partial charge in [-0.2, -0.15) is 0 Å². The molecule has 0 saturated heterocycles. The molecule has 1 rings (SSSR count). The van der Waals surface area contributed by atoms with Crippen molar-refractivity contribution >= 4 is 15.9 Å². The third-order valence-corrected chi connectivity index (χ3v) is 3.39. The minimum Gasteiger partial charge on any atom is -0.297 e. The first-order chi connectivity index (χ1) is 8.21. The zero-order valence-corrected chi connectivity index (χ0v) is 12.1. The van der Waals surface area contributed by atoms with Gasteiger partial charge in [-0.3, -0.25) is 5.32 Å². The monoisotopic (exact) mass is 293 g/mol. The summed E-state index contributed by atoms with van der Waals surface area (Å²) < 4.78 is 1.11. The average molecular weight is 294 g/mol. The van der Waals surface area contributed by atoms with Gasteiger partial charge >= 0.3 is 0 Å². The van der Waals surface area contributed by atoms with E-state index in [1.54, 1.807) is 0 Å². The summed E-state index contributed by atoms with van der Waals surface area (Å²) in [5, 5.41) is 3.54. The van der Waals surface area contributed by atoms with Crippen LogP contribution in [0.25, 0.3) is 0 Å². The van der Waals surface area contributed by atoms with Crippen molar-refractivity contribution in [3.05, 3.63) is 34.3 Å². The molecule has 0 heterocycles. The van der Waals surface area contributed by atoms with Gasteiger partial charge in [-0.25, -0.2) is 0 Å². The minimum absolute atomic E-state index is 0.175. The Kier molecular flexibility index (Phi) is 6.32. The lowest BCUT2D eigenvalue weighted by molar-refractivity contribution is 0.460. The molecule has 0 radical (unpaired) electrons. The van der Waals surface area contributed by atoms with Crippen LogP contribution in [0.4, 0.5) is 0 Å². The van der Waals surface area contributed by atoms with Gasteiger partial charge in [-0.1, -0.05) is 54.3 Å². The van der Waals surface area contributed by atoms with Gasteiger partial charge in [-0.15, -0.1) is 6.42 Å². The van der Waals surface area contributed by atoms with Gasteiger partial charge in [0.15, 0.2) is 0 Å². The van der Waals surface area contributed by atoms with Crippen molar-refractivity contribution in [2.45, 2.75) is 45.2 Å². The van der Waals surface area contributed by atoms with E-state index in [1.165, 1.54) is 5.56 Å². The first-order valence-electron chi connectivity index (χ1n) is 6.18. The number of benzene rings is 1. The summed E-state index contributed by atoms with van der Waals surface area (Å²) in [5.41, 5.74) is 1.30. The summed E-state index contributed by atoms with van der Waals surface area (Å²) >= 11 is 3.45. The Morgan fingerprint density at radius 2 is 1.94 bits per heavy atom. The van der Waals surface area contributed by atoms with Gasteiger partial charge in [-0.05, 0) is 30.5 Å². The maximum atomic E-state index is 5.54. The number of hydrogen-bond donors (Lipinski definition) is 1. The Morgan fingerprint density at radius 3 is 2.41 bits per heavy atom. The van der Waals surface area contributed by atoms with Gasteiger partial charge in [0.1, 0.15) is 0 Å². The number of terminal acetylenes is 1. The van der Waals surface area contributed by atoms with E-state index < -0.39 is 0 Å². The molecule has 0 amide bonds. The molecular formula is C15H20BrN. The van der Waals surface area contributed by atoms with Crippen LogP contribution in [0.2, 0.25) is 0 Å². The Bertz CT molecular complexity index is 364. The molecule has 0 spiro atoms. The summed E-state index contributed by atoms with van der Waals surface area (Å²) in [4.78, 5) is 0. The third kappa shape index (κ3) is 4.53. The van der Waals surface area contributed by atoms with Crippen molar-refractivity contribution in [1.82, 2.24) is 5.32 Å². The summed E-state index contributed by atoms with van der Waals surface area (Å²) in [7, 11) is 0. The molecule has 92 valence electrons. The molecule has 2 unspecified atom stereocenters. The molecule has 2 atom stereocenters. The second-order valence-electron chi connectivity index (χ2n) is 4.19. The van der Waals surface area contributed by atoms with Crippen LogP contribution >= 0.6 is 15.9 Å². The van der Waals surface area contributed by atoms with Crippen LogP contribution in [0, 0.1) is 12.3 Å². The standard InChI is InChI=1S/C15H20BrN/c1-4-7-14(5-2)17-15(6-3)12-8-10-13(16)11-9-12/h2,8-11,14-15,17H,4,6-7H2,1,3H3. The Morgan fingerprint density at radius 1 is 1.29 bits per heavy atom. The lowest BCUT2D eigenvalue weighted by atomic mass is 10.0. The Hall–Kier alpha value is -0.780. The van der Waals surface area contributed by atoms with Crippen LogP contribution in [-0.4, -0.2) is 6.04 Å². The van der Waals surface area contributed by atoms with Gasteiger partial charge in [0.25, 0.3) is 0 Å². The predicted octanol–water partition coefficient (Wildman–Crippen LogP) is 4.29. The maximum absolute atomic E-state index is 5.54. The molecule has 1 aromatic carbocycles. The summed E-state index contributed by atoms with van der Waals surface area (Å²) in [6.07, 6.45) is 8.73. The highest BCUT2D eigenvalue weighted by molar-refractivity contribution is 9.10. The first-order valence-corrected chi connectivity index (χ1v) is 6.98. The van der Waals surface area contributed by atoms with Crippen molar-refractivity contribution in [2.75, 3.05) is 0 Å². The van der Waals surface area contributed by atoms with Gasteiger partial charge < -0.3 is 0 Å². The molecule has 1 N–H and O–H groups in total. The van der Waals surface area contributed by atoms with Crippen LogP contribution in [0.15, 0.2) is 28.7 Å². The lowest BCUT2D eigenvalue weighted by Gasteiger charge is -2.22. The van der Waals surface area contributed by atoms with Crippen LogP contribution in [0.5, 0.6) is 0 Å². The fourth-order valence-electron chi connectivity index (χ4n) is 1.89. The smallest absolute Gasteiger partial charge is 0.0691 e. The van der Waals surface area contributed by atoms with Crippen LogP contribution < -0.4 is 5.32 Å². The quantitative estimate of drug-likeness (QED) is 0.772. The largest absolute Gasteiger partial charge is 0.297 e. The molecule has 1 nitrogen and oxygen atoms in total. The van der Waals surface area contributed by atoms with E-state index in [0.29, 0.717) is 6.04 Å². The molecule has 0 bridgehead atoms. The SMILES string of the molecule is C#CC(CCC)NC(CC)c1ccc(Br)cc1. The highest BCUT2D eigenvalue weighted by Crippen LogP contribution is 2.20. The van der Waals surface area contributed by atoms with Crippen LogP contribution in [-0.2, 0) is 0 Å². The molecule has 0 aliphatic rings. The summed E-state index contributed by atoms with van der Waals surface area (Å²) in [5.74, 6) is 2.83. The van der Waals surface area contributed by atoms with Crippen molar-refractivity contribution in [3.8, 4) is 12.3 Å². The molecule has 1 aromatic rings. The van der Waals surface area contributed by atoms with Crippen LogP contribution in [0.1, 0.15) is 44.7 Å². The van der Waals surface area contributed by atoms with Gasteiger partial charge in [0, 0.05) is 10.5 Å². The molecule has 17 heavy (non-hydrogen) atoms. The van der Waals surface area contributed by atoms with Gasteiger partial charge in [0.2, 0.25) is 0 Å². The van der Waals surface area contributed by atoms with E-state index in [9.17, 15) is 0 Å². The number of nitrogens with one attached hydrogen (secondary N) is 1. The van der Waals surface area contributed by atoms with Crippen LogP contribution in [0.3, 0.4) is 0 Å². The third-order valence-electron chi connectivity index (χ3n) is 2.86. The highest BCUT2D eigenvalue weighted by Gasteiger charge is 2.13. The van der Waals surface area contributed by atoms with E-state index >= 15 is 0 Å². The van der Waals surface area contributed by atoms with Crippen molar-refractivity contribution in [2.24, 2.45) is 0 Å². The molecular weight excluding hydrogens is 274 g/mol. The average Bonchev–Trinajstić information content (AvgIpc) is 2.36. The van der Waals surface area contributed by atoms with E-state index in [2.05, 4.69) is 65.3 Å². The molecule has 0 aliphatic carbocycles. The first kappa shape index (κ1) is 14.3. The topological polar surface area (TPSA) is 12.0 Å². The van der Waals surface area contributed by atoms with Crippen molar-refractivity contribution < 1.29 is 0 Å². The predicted molar refractivity (Wildman–Crippen MR) is 77.8 cm³/mol. The van der Waals surface area contributed by atoms with Gasteiger partial charge in [0.05, 0.1) is 6.04 Å². The molecule has 2 heteroatoms. The normalized spacial score (nSPS) is 14.0. The van der Waals surface area contributed by atoms with Crippen molar-refractivity contribution in [1.29, 1.82) is 0 Å². The van der Waals surface area contributed by atoms with E-state index in [1.807, 2.05) is 0 Å². The fourth-order valence-corrected chi connectivity index (χ4v) is 2.16. The number of hydrogen-bond acceptors (Lipinski definition) is 1. The maximum Gasteiger partial charge on any atom is 0.0691 e. The van der Waals surface area contributed by atoms with E-state index in [4.69, 9.17) is 6.42 Å². The molecule has 0 saturated carbocycles. The molecule has 0 aromatic heterocycles. The van der Waals surface area contributed by atoms with E-state index in [0.717, 1.165) is 23.7 Å². The van der Waals surface area contributed by atoms with E-state index in [-0.39, 0.29) is 6.04 Å². The number of halogens is 1. The highest BCUT2D eigenvalue weighted by atomic mass is 79.9. The lowest BCUT2D eigenvalue weighted by Crippen LogP contribution is -2.31. The second-order valence-corrected chi connectivity index (χ2v) is 5.10. The van der Waals surface area contributed by atoms with Crippen molar-refractivity contribution in [3.63, 3.8) is 0 Å². The summed E-state index contributed by atoms with van der Waals surface area (Å²) in [6, 6.07) is 8.95.